The van der Waals surface area contributed by atoms with Gasteiger partial charge in [-0.3, -0.25) is 0 Å². The van der Waals surface area contributed by atoms with Crippen LogP contribution >= 0.6 is 0 Å². The van der Waals surface area contributed by atoms with Crippen molar-refractivity contribution in [3.05, 3.63) is 29.6 Å². The maximum atomic E-state index is 13.5. The molecule has 0 saturated carbocycles. The fourth-order valence-corrected chi connectivity index (χ4v) is 2.35. The maximum absolute atomic E-state index is 13.5. The highest BCUT2D eigenvalue weighted by Crippen LogP contribution is 2.30. The standard InChI is InChI=1S/C12H13F2N3/c1-12(2-3-15-6-12)11-16-9-5-7(13)4-8(14)10(9)17-11/h4-5,15H,2-3,6H2,1H3,(H,16,17). The molecule has 0 bridgehead atoms. The van der Waals surface area contributed by atoms with E-state index in [1.165, 1.54) is 6.07 Å². The molecule has 1 aromatic carbocycles. The third-order valence-electron chi connectivity index (χ3n) is 3.45. The number of halogens is 2. The average molecular weight is 237 g/mol. The molecule has 1 aliphatic heterocycles. The summed E-state index contributed by atoms with van der Waals surface area (Å²) in [7, 11) is 0. The van der Waals surface area contributed by atoms with Crippen LogP contribution in [0.25, 0.3) is 11.0 Å². The Balaban J connectivity index is 2.16. The summed E-state index contributed by atoms with van der Waals surface area (Å²) in [6, 6.07) is 2.14. The van der Waals surface area contributed by atoms with Crippen LogP contribution < -0.4 is 5.32 Å². The molecule has 0 spiro atoms. The SMILES string of the molecule is CC1(c2nc3c(F)cc(F)cc3[nH]2)CCNC1. The first kappa shape index (κ1) is 10.7. The number of rotatable bonds is 1. The van der Waals surface area contributed by atoms with Crippen molar-refractivity contribution in [2.45, 2.75) is 18.8 Å². The second kappa shape index (κ2) is 3.50. The number of nitrogens with zero attached hydrogens (tertiary/aromatic N) is 1. The predicted molar refractivity (Wildman–Crippen MR) is 60.8 cm³/mol. The van der Waals surface area contributed by atoms with E-state index in [9.17, 15) is 8.78 Å². The Morgan fingerprint density at radius 3 is 2.88 bits per heavy atom. The minimum atomic E-state index is -0.614. The zero-order valence-electron chi connectivity index (χ0n) is 9.48. The van der Waals surface area contributed by atoms with E-state index < -0.39 is 11.6 Å². The second-order valence-corrected chi connectivity index (χ2v) is 4.86. The minimum absolute atomic E-state index is 0.123. The molecule has 1 aliphatic rings. The Hall–Kier alpha value is -1.49. The Bertz CT molecular complexity index is 570. The molecule has 3 rings (SSSR count). The molecule has 2 aromatic rings. The van der Waals surface area contributed by atoms with Crippen molar-refractivity contribution in [2.75, 3.05) is 13.1 Å². The zero-order chi connectivity index (χ0) is 12.0. The number of imidazole rings is 1. The van der Waals surface area contributed by atoms with Crippen LogP contribution in [0.1, 0.15) is 19.2 Å². The first-order valence-electron chi connectivity index (χ1n) is 5.64. The summed E-state index contributed by atoms with van der Waals surface area (Å²) in [4.78, 5) is 7.30. The van der Waals surface area contributed by atoms with E-state index >= 15 is 0 Å². The van der Waals surface area contributed by atoms with Crippen molar-refractivity contribution >= 4 is 11.0 Å². The molecular weight excluding hydrogens is 224 g/mol. The van der Waals surface area contributed by atoms with Gasteiger partial charge in [-0.1, -0.05) is 6.92 Å². The van der Waals surface area contributed by atoms with Gasteiger partial charge in [0.2, 0.25) is 0 Å². The molecule has 0 radical (unpaired) electrons. The molecule has 2 heterocycles. The van der Waals surface area contributed by atoms with E-state index in [2.05, 4.69) is 22.2 Å². The number of aromatic amines is 1. The van der Waals surface area contributed by atoms with Gasteiger partial charge in [-0.15, -0.1) is 0 Å². The zero-order valence-corrected chi connectivity index (χ0v) is 9.48. The number of nitrogens with one attached hydrogen (secondary N) is 2. The molecule has 1 atom stereocenters. The molecule has 2 N–H and O–H groups in total. The molecule has 17 heavy (non-hydrogen) atoms. The molecule has 3 nitrogen and oxygen atoms in total. The van der Waals surface area contributed by atoms with Gasteiger partial charge in [0.15, 0.2) is 5.82 Å². The second-order valence-electron chi connectivity index (χ2n) is 4.86. The normalized spacial score (nSPS) is 24.6. The summed E-state index contributed by atoms with van der Waals surface area (Å²) in [5.41, 5.74) is 0.516. The van der Waals surface area contributed by atoms with Gasteiger partial charge in [-0.25, -0.2) is 13.8 Å². The number of benzene rings is 1. The fourth-order valence-electron chi connectivity index (χ4n) is 2.35. The van der Waals surface area contributed by atoms with Gasteiger partial charge in [-0.05, 0) is 19.0 Å². The quantitative estimate of drug-likeness (QED) is 0.797. The van der Waals surface area contributed by atoms with E-state index in [1.54, 1.807) is 0 Å². The Morgan fingerprint density at radius 2 is 2.18 bits per heavy atom. The number of fused-ring (bicyclic) bond motifs is 1. The van der Waals surface area contributed by atoms with Crippen LogP contribution in [0.2, 0.25) is 0 Å². The highest BCUT2D eigenvalue weighted by Gasteiger charge is 2.33. The van der Waals surface area contributed by atoms with Crippen molar-refractivity contribution in [1.29, 1.82) is 0 Å². The van der Waals surface area contributed by atoms with E-state index in [4.69, 9.17) is 0 Å². The van der Waals surface area contributed by atoms with Crippen LogP contribution in [0, 0.1) is 11.6 Å². The monoisotopic (exact) mass is 237 g/mol. The number of hydrogen-bond donors (Lipinski definition) is 2. The van der Waals surface area contributed by atoms with Crippen molar-refractivity contribution in [3.63, 3.8) is 0 Å². The summed E-state index contributed by atoms with van der Waals surface area (Å²) in [6.45, 7) is 3.79. The highest BCUT2D eigenvalue weighted by molar-refractivity contribution is 5.76. The van der Waals surface area contributed by atoms with Crippen LogP contribution in [0.3, 0.4) is 0 Å². The largest absolute Gasteiger partial charge is 0.341 e. The van der Waals surface area contributed by atoms with E-state index in [1.807, 2.05) is 0 Å². The first-order valence-corrected chi connectivity index (χ1v) is 5.64. The van der Waals surface area contributed by atoms with Gasteiger partial charge in [0, 0.05) is 18.0 Å². The Kier molecular flexibility index (Phi) is 2.19. The Labute approximate surface area is 97.2 Å². The first-order chi connectivity index (χ1) is 8.08. The summed E-state index contributed by atoms with van der Waals surface area (Å²) >= 11 is 0. The summed E-state index contributed by atoms with van der Waals surface area (Å²) < 4.78 is 26.6. The summed E-state index contributed by atoms with van der Waals surface area (Å²) in [5, 5.41) is 3.25. The van der Waals surface area contributed by atoms with Gasteiger partial charge in [0.1, 0.15) is 17.2 Å². The smallest absolute Gasteiger partial charge is 0.153 e. The Morgan fingerprint density at radius 1 is 1.35 bits per heavy atom. The number of aromatic nitrogens is 2. The molecule has 1 saturated heterocycles. The third kappa shape index (κ3) is 1.61. The topological polar surface area (TPSA) is 40.7 Å². The molecule has 90 valence electrons. The van der Waals surface area contributed by atoms with E-state index in [0.717, 1.165) is 31.4 Å². The van der Waals surface area contributed by atoms with Gasteiger partial charge in [-0.2, -0.15) is 0 Å². The average Bonchev–Trinajstić information content (AvgIpc) is 2.84. The van der Waals surface area contributed by atoms with Crippen molar-refractivity contribution < 1.29 is 8.78 Å². The molecule has 1 aromatic heterocycles. The van der Waals surface area contributed by atoms with Crippen LogP contribution in [0.4, 0.5) is 8.78 Å². The van der Waals surface area contributed by atoms with Crippen LogP contribution in [0.15, 0.2) is 12.1 Å². The minimum Gasteiger partial charge on any atom is -0.341 e. The highest BCUT2D eigenvalue weighted by atomic mass is 19.1. The number of hydrogen-bond acceptors (Lipinski definition) is 2. The third-order valence-corrected chi connectivity index (χ3v) is 3.45. The predicted octanol–water partition coefficient (Wildman–Crippen LogP) is 2.09. The summed E-state index contributed by atoms with van der Waals surface area (Å²) in [5.74, 6) is -0.473. The molecule has 5 heteroatoms. The van der Waals surface area contributed by atoms with Gasteiger partial charge >= 0.3 is 0 Å². The van der Waals surface area contributed by atoms with Gasteiger partial charge < -0.3 is 10.3 Å². The van der Waals surface area contributed by atoms with E-state index in [-0.39, 0.29) is 10.9 Å². The van der Waals surface area contributed by atoms with Crippen LogP contribution in [-0.4, -0.2) is 23.1 Å². The van der Waals surface area contributed by atoms with Crippen LogP contribution in [0.5, 0.6) is 0 Å². The molecule has 1 fully saturated rings. The molecule has 0 amide bonds. The molecule has 1 unspecified atom stereocenters. The van der Waals surface area contributed by atoms with Crippen LogP contribution in [-0.2, 0) is 5.41 Å². The molecule has 0 aliphatic carbocycles. The lowest BCUT2D eigenvalue weighted by molar-refractivity contribution is 0.495. The van der Waals surface area contributed by atoms with Crippen molar-refractivity contribution in [2.24, 2.45) is 0 Å². The van der Waals surface area contributed by atoms with Gasteiger partial charge in [0.05, 0.1) is 5.52 Å². The lowest BCUT2D eigenvalue weighted by Crippen LogP contribution is -2.26. The fraction of sp³-hybridized carbons (Fsp3) is 0.417. The summed E-state index contributed by atoms with van der Waals surface area (Å²) in [6.07, 6.45) is 0.941. The van der Waals surface area contributed by atoms with Crippen molar-refractivity contribution in [3.8, 4) is 0 Å². The number of H-pyrrole nitrogens is 1. The van der Waals surface area contributed by atoms with Gasteiger partial charge in [0.25, 0.3) is 0 Å². The molecular formula is C12H13F2N3. The lowest BCUT2D eigenvalue weighted by Gasteiger charge is -2.18. The maximum Gasteiger partial charge on any atom is 0.153 e. The van der Waals surface area contributed by atoms with Crippen molar-refractivity contribution in [1.82, 2.24) is 15.3 Å². The van der Waals surface area contributed by atoms with E-state index in [0.29, 0.717) is 5.52 Å². The lowest BCUT2D eigenvalue weighted by atomic mass is 9.89.